The summed E-state index contributed by atoms with van der Waals surface area (Å²) < 4.78 is 54.8. The average Bonchev–Trinajstić information content (AvgIpc) is 2.43. The summed E-state index contributed by atoms with van der Waals surface area (Å²) in [5.74, 6) is -3.82. The van der Waals surface area contributed by atoms with Gasteiger partial charge in [-0.05, 0) is 24.5 Å². The van der Waals surface area contributed by atoms with Crippen molar-refractivity contribution in [3.05, 3.63) is 0 Å². The average molecular weight is 346 g/mol. The second-order valence-corrected chi connectivity index (χ2v) is 7.00. The van der Waals surface area contributed by atoms with Crippen molar-refractivity contribution in [2.24, 2.45) is 5.92 Å². The zero-order valence-corrected chi connectivity index (χ0v) is 14.2. The van der Waals surface area contributed by atoms with Gasteiger partial charge >= 0.3 is 18.3 Å². The van der Waals surface area contributed by atoms with Crippen molar-refractivity contribution in [1.29, 1.82) is 0 Å². The summed E-state index contributed by atoms with van der Waals surface area (Å²) in [6.07, 6.45) is -2.19. The van der Waals surface area contributed by atoms with Crippen LogP contribution in [0.25, 0.3) is 0 Å². The Balaban J connectivity index is 4.21. The molecule has 1 unspecified atom stereocenters. The zero-order chi connectivity index (χ0) is 17.2. The van der Waals surface area contributed by atoms with Gasteiger partial charge in [-0.1, -0.05) is 33.6 Å². The Hall–Kier alpha value is -0.460. The van der Waals surface area contributed by atoms with E-state index in [9.17, 15) is 22.4 Å². The maximum absolute atomic E-state index is 12.8. The predicted molar refractivity (Wildman–Crippen MR) is 81.8 cm³/mol. The van der Waals surface area contributed by atoms with E-state index < -0.39 is 24.0 Å². The first kappa shape index (κ1) is 21.5. The molecule has 2 nitrogen and oxygen atoms in total. The highest BCUT2D eigenvalue weighted by molar-refractivity contribution is 8.00. The van der Waals surface area contributed by atoms with Crippen LogP contribution in [0.1, 0.15) is 52.9 Å². The van der Waals surface area contributed by atoms with Crippen LogP contribution in [0.15, 0.2) is 0 Å². The van der Waals surface area contributed by atoms with Crippen molar-refractivity contribution in [3.63, 3.8) is 0 Å². The number of hydrogen-bond donors (Lipinski definition) is 0. The molecule has 0 N–H and O–H groups in total. The summed E-state index contributed by atoms with van der Waals surface area (Å²) in [5, 5.41) is -0.404. The van der Waals surface area contributed by atoms with Crippen LogP contribution in [0.5, 0.6) is 0 Å². The van der Waals surface area contributed by atoms with Gasteiger partial charge in [0.2, 0.25) is 0 Å². The van der Waals surface area contributed by atoms with Crippen LogP contribution in [0.3, 0.4) is 0 Å². The molecule has 0 bridgehead atoms. The Morgan fingerprint density at radius 3 is 2.36 bits per heavy atom. The fourth-order valence-corrected chi connectivity index (χ4v) is 2.78. The first-order chi connectivity index (χ1) is 10.2. The largest absolute Gasteiger partial charge is 0.465 e. The van der Waals surface area contributed by atoms with E-state index in [1.807, 2.05) is 20.8 Å². The molecule has 0 rings (SSSR count). The van der Waals surface area contributed by atoms with Gasteiger partial charge in [-0.3, -0.25) is 4.79 Å². The number of ether oxygens (including phenoxy) is 1. The third-order valence-electron chi connectivity index (χ3n) is 2.93. The van der Waals surface area contributed by atoms with Crippen LogP contribution >= 0.6 is 11.8 Å². The SMILES string of the molecule is CCCCC(SCCCC(F)(F)C(F)F)C(=O)OCC(C)C. The Bertz CT molecular complexity index is 312. The van der Waals surface area contributed by atoms with Crippen molar-refractivity contribution < 1.29 is 27.1 Å². The molecule has 0 aromatic heterocycles. The molecule has 22 heavy (non-hydrogen) atoms. The number of carbonyl (C=O) groups is 1. The first-order valence-electron chi connectivity index (χ1n) is 7.64. The lowest BCUT2D eigenvalue weighted by Crippen LogP contribution is -2.27. The number of unbranched alkanes of at least 4 members (excludes halogenated alkanes) is 1. The highest BCUT2D eigenvalue weighted by Gasteiger charge is 2.39. The van der Waals surface area contributed by atoms with Gasteiger partial charge in [0.1, 0.15) is 5.25 Å². The molecule has 132 valence electrons. The fourth-order valence-electron chi connectivity index (χ4n) is 1.64. The van der Waals surface area contributed by atoms with Crippen molar-refractivity contribution in [1.82, 2.24) is 0 Å². The maximum atomic E-state index is 12.8. The molecule has 0 aliphatic carbocycles. The van der Waals surface area contributed by atoms with Gasteiger partial charge < -0.3 is 4.74 Å². The van der Waals surface area contributed by atoms with Gasteiger partial charge in [0, 0.05) is 6.42 Å². The molecule has 0 aliphatic rings. The topological polar surface area (TPSA) is 26.3 Å². The van der Waals surface area contributed by atoms with Crippen molar-refractivity contribution in [3.8, 4) is 0 Å². The normalized spacial score (nSPS) is 13.7. The summed E-state index contributed by atoms with van der Waals surface area (Å²) in [6, 6.07) is 0. The fraction of sp³-hybridized carbons (Fsp3) is 0.933. The van der Waals surface area contributed by atoms with E-state index in [0.29, 0.717) is 13.0 Å². The van der Waals surface area contributed by atoms with E-state index >= 15 is 0 Å². The van der Waals surface area contributed by atoms with Crippen LogP contribution in [-0.4, -0.2) is 35.9 Å². The smallest absolute Gasteiger partial charge is 0.319 e. The lowest BCUT2D eigenvalue weighted by Gasteiger charge is -2.18. The minimum atomic E-state index is -3.95. The van der Waals surface area contributed by atoms with E-state index in [4.69, 9.17) is 4.74 Å². The molecule has 0 fully saturated rings. The van der Waals surface area contributed by atoms with Crippen LogP contribution < -0.4 is 0 Å². The Labute approximate surface area is 134 Å². The van der Waals surface area contributed by atoms with Crippen molar-refractivity contribution >= 4 is 17.7 Å². The second-order valence-electron chi connectivity index (χ2n) is 5.69. The summed E-state index contributed by atoms with van der Waals surface area (Å²) in [7, 11) is 0. The molecule has 0 radical (unpaired) electrons. The maximum Gasteiger partial charge on any atom is 0.319 e. The molecule has 0 spiro atoms. The summed E-state index contributed by atoms with van der Waals surface area (Å²) in [4.78, 5) is 11.9. The van der Waals surface area contributed by atoms with Crippen LogP contribution in [0.4, 0.5) is 17.6 Å². The number of alkyl halides is 4. The van der Waals surface area contributed by atoms with Gasteiger partial charge in [0.25, 0.3) is 0 Å². The molecule has 0 saturated heterocycles. The first-order valence-corrected chi connectivity index (χ1v) is 8.69. The van der Waals surface area contributed by atoms with Gasteiger partial charge in [-0.15, -0.1) is 11.8 Å². The van der Waals surface area contributed by atoms with Crippen LogP contribution in [-0.2, 0) is 9.53 Å². The minimum absolute atomic E-state index is 0.0535. The monoisotopic (exact) mass is 346 g/mol. The van der Waals surface area contributed by atoms with E-state index in [2.05, 4.69) is 0 Å². The lowest BCUT2D eigenvalue weighted by atomic mass is 10.2. The lowest BCUT2D eigenvalue weighted by molar-refractivity contribution is -0.144. The number of hydrogen-bond acceptors (Lipinski definition) is 3. The summed E-state index contributed by atoms with van der Waals surface area (Å²) in [5.41, 5.74) is 0. The second kappa shape index (κ2) is 11.1. The number of thioether (sulfide) groups is 1. The molecule has 1 atom stereocenters. The van der Waals surface area contributed by atoms with Gasteiger partial charge in [-0.2, -0.15) is 0 Å². The highest BCUT2D eigenvalue weighted by Crippen LogP contribution is 2.29. The van der Waals surface area contributed by atoms with E-state index in [1.54, 1.807) is 0 Å². The molecule has 7 heteroatoms. The Morgan fingerprint density at radius 2 is 1.86 bits per heavy atom. The standard InChI is InChI=1S/C15H26F4O2S/c1-4-5-7-12(13(20)21-10-11(2)3)22-9-6-8-15(18,19)14(16)17/h11-12,14H,4-10H2,1-3H3. The molecular weight excluding hydrogens is 320 g/mol. The zero-order valence-electron chi connectivity index (χ0n) is 13.4. The molecule has 0 aliphatic heterocycles. The molecule has 0 heterocycles. The van der Waals surface area contributed by atoms with Crippen molar-refractivity contribution in [2.75, 3.05) is 12.4 Å². The number of carbonyl (C=O) groups excluding carboxylic acids is 1. The molecule has 0 saturated carbocycles. The summed E-state index contributed by atoms with van der Waals surface area (Å²) >= 11 is 1.22. The minimum Gasteiger partial charge on any atom is -0.465 e. The quantitative estimate of drug-likeness (QED) is 0.277. The van der Waals surface area contributed by atoms with Crippen LogP contribution in [0.2, 0.25) is 0 Å². The van der Waals surface area contributed by atoms with Gasteiger partial charge in [-0.25, -0.2) is 17.6 Å². The van der Waals surface area contributed by atoms with Gasteiger partial charge in [0.15, 0.2) is 0 Å². The molecule has 0 aromatic carbocycles. The highest BCUT2D eigenvalue weighted by atomic mass is 32.2. The third-order valence-corrected chi connectivity index (χ3v) is 4.29. The van der Waals surface area contributed by atoms with Crippen molar-refractivity contribution in [2.45, 2.75) is 70.5 Å². The predicted octanol–water partition coefficient (Wildman–Crippen LogP) is 5.16. The van der Waals surface area contributed by atoms with E-state index in [-0.39, 0.29) is 24.1 Å². The molecule has 0 amide bonds. The van der Waals surface area contributed by atoms with E-state index in [1.165, 1.54) is 11.8 Å². The summed E-state index contributed by atoms with van der Waals surface area (Å²) in [6.45, 7) is 6.16. The number of halogens is 4. The number of rotatable bonds is 12. The Kier molecular flexibility index (Phi) is 10.9. The molecular formula is C15H26F4O2S. The Morgan fingerprint density at radius 1 is 1.23 bits per heavy atom. The van der Waals surface area contributed by atoms with Crippen LogP contribution in [0, 0.1) is 5.92 Å². The molecule has 0 aromatic rings. The van der Waals surface area contributed by atoms with E-state index in [0.717, 1.165) is 12.8 Å². The number of esters is 1. The van der Waals surface area contributed by atoms with Gasteiger partial charge in [0.05, 0.1) is 6.61 Å². The third kappa shape index (κ3) is 9.54.